The lowest BCUT2D eigenvalue weighted by atomic mass is 9.93. The van der Waals surface area contributed by atoms with E-state index in [0.29, 0.717) is 12.3 Å². The Morgan fingerprint density at radius 2 is 2.00 bits per heavy atom. The van der Waals surface area contributed by atoms with E-state index in [1.807, 2.05) is 31.2 Å². The summed E-state index contributed by atoms with van der Waals surface area (Å²) in [5, 5.41) is 7.13. The largest absolute Gasteiger partial charge is 0.350 e. The lowest BCUT2D eigenvalue weighted by Crippen LogP contribution is -2.30. The fraction of sp³-hybridized carbons (Fsp3) is 0.562. The third kappa shape index (κ3) is 4.80. The van der Waals surface area contributed by atoms with Gasteiger partial charge in [-0.2, -0.15) is 0 Å². The normalized spacial score (nSPS) is 17.7. The van der Waals surface area contributed by atoms with Crippen LogP contribution in [0.15, 0.2) is 24.3 Å². The zero-order chi connectivity index (χ0) is 14.4. The molecule has 1 aliphatic heterocycles. The predicted molar refractivity (Wildman–Crippen MR) is 82.8 cm³/mol. The molecule has 0 bridgehead atoms. The molecule has 110 valence electrons. The van der Waals surface area contributed by atoms with Crippen LogP contribution in [-0.4, -0.2) is 19.0 Å². The average Bonchev–Trinajstić information content (AvgIpc) is 2.47. The molecule has 1 aliphatic rings. The number of hydrogen-bond acceptors (Lipinski definition) is 2. The number of amides is 1. The molecule has 1 amide bonds. The highest BCUT2D eigenvalue weighted by atomic mass is 35.5. The van der Waals surface area contributed by atoms with E-state index in [2.05, 4.69) is 10.6 Å². The molecule has 1 aromatic carbocycles. The van der Waals surface area contributed by atoms with Gasteiger partial charge < -0.3 is 10.6 Å². The number of piperidine rings is 1. The zero-order valence-electron chi connectivity index (χ0n) is 12.0. The van der Waals surface area contributed by atoms with Gasteiger partial charge >= 0.3 is 0 Å². The number of nitrogens with one attached hydrogen (secondary N) is 2. The van der Waals surface area contributed by atoms with Crippen molar-refractivity contribution in [3.05, 3.63) is 34.9 Å². The van der Waals surface area contributed by atoms with Crippen LogP contribution < -0.4 is 10.6 Å². The number of rotatable bonds is 5. The van der Waals surface area contributed by atoms with Gasteiger partial charge in [-0.25, -0.2) is 0 Å². The summed E-state index contributed by atoms with van der Waals surface area (Å²) in [4.78, 5) is 12.0. The minimum absolute atomic E-state index is 0.0350. The molecular weight excluding hydrogens is 272 g/mol. The third-order valence-corrected chi connectivity index (χ3v) is 4.24. The maximum atomic E-state index is 12.0. The lowest BCUT2D eigenvalue weighted by molar-refractivity contribution is -0.122. The number of hydrogen-bond donors (Lipinski definition) is 2. The van der Waals surface area contributed by atoms with Crippen LogP contribution in [0.2, 0.25) is 5.02 Å². The second-order valence-corrected chi connectivity index (χ2v) is 6.01. The molecule has 0 aromatic heterocycles. The Bertz CT molecular complexity index is 427. The molecule has 0 aliphatic carbocycles. The standard InChI is InChI=1S/C16H23ClN2O/c1-12(14-3-5-15(17)6-4-14)19-16(20)7-2-13-8-10-18-11-9-13/h3-6,12-13,18H,2,7-11H2,1H3,(H,19,20). The first kappa shape index (κ1) is 15.3. The van der Waals surface area contributed by atoms with Crippen molar-refractivity contribution < 1.29 is 4.79 Å². The molecule has 2 rings (SSSR count). The first-order valence-corrected chi connectivity index (χ1v) is 7.78. The fourth-order valence-electron chi connectivity index (χ4n) is 2.65. The van der Waals surface area contributed by atoms with E-state index in [4.69, 9.17) is 11.6 Å². The Morgan fingerprint density at radius 3 is 2.65 bits per heavy atom. The topological polar surface area (TPSA) is 41.1 Å². The zero-order valence-corrected chi connectivity index (χ0v) is 12.7. The predicted octanol–water partition coefficient (Wildman–Crippen LogP) is 3.30. The summed E-state index contributed by atoms with van der Waals surface area (Å²) in [7, 11) is 0. The van der Waals surface area contributed by atoms with Crippen LogP contribution in [0.25, 0.3) is 0 Å². The van der Waals surface area contributed by atoms with Gasteiger partial charge in [0.15, 0.2) is 0 Å². The van der Waals surface area contributed by atoms with Gasteiger partial charge in [0.1, 0.15) is 0 Å². The van der Waals surface area contributed by atoms with Crippen molar-refractivity contribution in [3.8, 4) is 0 Å². The van der Waals surface area contributed by atoms with Gasteiger partial charge in [-0.15, -0.1) is 0 Å². The second kappa shape index (κ2) is 7.65. The monoisotopic (exact) mass is 294 g/mol. The minimum atomic E-state index is 0.0350. The van der Waals surface area contributed by atoms with E-state index in [1.54, 1.807) is 0 Å². The summed E-state index contributed by atoms with van der Waals surface area (Å²) in [6, 6.07) is 7.66. The highest BCUT2D eigenvalue weighted by Crippen LogP contribution is 2.19. The molecule has 1 aromatic rings. The Labute approximate surface area is 126 Å². The Hall–Kier alpha value is -1.06. The first-order chi connectivity index (χ1) is 9.65. The van der Waals surface area contributed by atoms with Crippen molar-refractivity contribution in [2.24, 2.45) is 5.92 Å². The van der Waals surface area contributed by atoms with Gasteiger partial charge in [-0.1, -0.05) is 23.7 Å². The molecule has 0 saturated carbocycles. The second-order valence-electron chi connectivity index (χ2n) is 5.57. The first-order valence-electron chi connectivity index (χ1n) is 7.40. The molecule has 0 radical (unpaired) electrons. The van der Waals surface area contributed by atoms with Crippen molar-refractivity contribution in [1.82, 2.24) is 10.6 Å². The van der Waals surface area contributed by atoms with Crippen molar-refractivity contribution >= 4 is 17.5 Å². The van der Waals surface area contributed by atoms with E-state index in [1.165, 1.54) is 12.8 Å². The fourth-order valence-corrected chi connectivity index (χ4v) is 2.78. The number of carbonyl (C=O) groups is 1. The van der Waals surface area contributed by atoms with Crippen LogP contribution in [0.4, 0.5) is 0 Å². The van der Waals surface area contributed by atoms with Gasteiger partial charge in [0, 0.05) is 11.4 Å². The van der Waals surface area contributed by atoms with Crippen LogP contribution in [0.3, 0.4) is 0 Å². The smallest absolute Gasteiger partial charge is 0.220 e. The highest BCUT2D eigenvalue weighted by Gasteiger charge is 2.15. The Balaban J connectivity index is 1.74. The van der Waals surface area contributed by atoms with Crippen molar-refractivity contribution in [2.75, 3.05) is 13.1 Å². The maximum Gasteiger partial charge on any atom is 0.220 e. The summed E-state index contributed by atoms with van der Waals surface area (Å²) in [6.07, 6.45) is 4.02. The summed E-state index contributed by atoms with van der Waals surface area (Å²) in [5.74, 6) is 0.846. The molecular formula is C16H23ClN2O. The van der Waals surface area contributed by atoms with Gasteiger partial charge in [0.25, 0.3) is 0 Å². The van der Waals surface area contributed by atoms with E-state index >= 15 is 0 Å². The van der Waals surface area contributed by atoms with Crippen LogP contribution in [-0.2, 0) is 4.79 Å². The van der Waals surface area contributed by atoms with Gasteiger partial charge in [-0.05, 0) is 62.9 Å². The number of carbonyl (C=O) groups excluding carboxylic acids is 1. The summed E-state index contributed by atoms with van der Waals surface area (Å²) in [5.41, 5.74) is 1.09. The quantitative estimate of drug-likeness (QED) is 0.875. The molecule has 1 unspecified atom stereocenters. The number of benzene rings is 1. The summed E-state index contributed by atoms with van der Waals surface area (Å²) < 4.78 is 0. The van der Waals surface area contributed by atoms with Crippen molar-refractivity contribution in [1.29, 1.82) is 0 Å². The van der Waals surface area contributed by atoms with Crippen molar-refractivity contribution in [3.63, 3.8) is 0 Å². The average molecular weight is 295 g/mol. The Kier molecular flexibility index (Phi) is 5.86. The molecule has 0 spiro atoms. The minimum Gasteiger partial charge on any atom is -0.350 e. The molecule has 2 N–H and O–H groups in total. The van der Waals surface area contributed by atoms with E-state index in [-0.39, 0.29) is 11.9 Å². The molecule has 1 saturated heterocycles. The SMILES string of the molecule is CC(NC(=O)CCC1CCNCC1)c1ccc(Cl)cc1. The molecule has 3 nitrogen and oxygen atoms in total. The third-order valence-electron chi connectivity index (χ3n) is 3.99. The Morgan fingerprint density at radius 1 is 1.35 bits per heavy atom. The summed E-state index contributed by atoms with van der Waals surface area (Å²) in [6.45, 7) is 4.19. The molecule has 1 atom stereocenters. The van der Waals surface area contributed by atoms with E-state index < -0.39 is 0 Å². The molecule has 1 heterocycles. The van der Waals surface area contributed by atoms with Gasteiger partial charge in [0.05, 0.1) is 6.04 Å². The molecule has 20 heavy (non-hydrogen) atoms. The summed E-state index contributed by atoms with van der Waals surface area (Å²) >= 11 is 5.87. The molecule has 4 heteroatoms. The van der Waals surface area contributed by atoms with Gasteiger partial charge in [0.2, 0.25) is 5.91 Å². The van der Waals surface area contributed by atoms with Crippen LogP contribution in [0.1, 0.15) is 44.2 Å². The van der Waals surface area contributed by atoms with E-state index in [0.717, 1.165) is 30.1 Å². The van der Waals surface area contributed by atoms with Crippen molar-refractivity contribution in [2.45, 2.75) is 38.6 Å². The van der Waals surface area contributed by atoms with Crippen LogP contribution >= 0.6 is 11.6 Å². The lowest BCUT2D eigenvalue weighted by Gasteiger charge is -2.22. The van der Waals surface area contributed by atoms with Crippen LogP contribution in [0, 0.1) is 5.92 Å². The number of halogens is 1. The maximum absolute atomic E-state index is 12.0. The van der Waals surface area contributed by atoms with Gasteiger partial charge in [-0.3, -0.25) is 4.79 Å². The highest BCUT2D eigenvalue weighted by molar-refractivity contribution is 6.30. The molecule has 1 fully saturated rings. The van der Waals surface area contributed by atoms with Crippen LogP contribution in [0.5, 0.6) is 0 Å². The van der Waals surface area contributed by atoms with E-state index in [9.17, 15) is 4.79 Å².